The number of benzene rings is 1. The quantitative estimate of drug-likeness (QED) is 0.552. The normalized spacial score (nSPS) is 19.6. The van der Waals surface area contributed by atoms with Crippen molar-refractivity contribution in [2.24, 2.45) is 5.92 Å². The van der Waals surface area contributed by atoms with Crippen LogP contribution in [-0.2, 0) is 39.1 Å². The molecule has 2 aromatic rings. The Morgan fingerprint density at radius 1 is 1.11 bits per heavy atom. The highest BCUT2D eigenvalue weighted by Crippen LogP contribution is 2.25. The first-order chi connectivity index (χ1) is 17.3. The molecule has 0 N–H and O–H groups in total. The van der Waals surface area contributed by atoms with Crippen LogP contribution < -0.4 is 4.90 Å². The molecule has 3 aliphatic heterocycles. The molecule has 5 rings (SSSR count). The highest BCUT2D eigenvalue weighted by Gasteiger charge is 2.32. The van der Waals surface area contributed by atoms with Crippen molar-refractivity contribution in [3.05, 3.63) is 53.3 Å². The number of carbonyl (C=O) groups is 1. The topological polar surface area (TPSA) is 105 Å². The molecule has 36 heavy (non-hydrogen) atoms. The molecule has 0 radical (unpaired) electrons. The number of nitrogens with zero attached hydrogens (tertiary/aromatic N) is 5. The minimum Gasteiger partial charge on any atom is -0.445 e. The Kier molecular flexibility index (Phi) is 7.40. The number of aromatic nitrogens is 2. The van der Waals surface area contributed by atoms with Gasteiger partial charge in [-0.25, -0.2) is 23.2 Å². The first-order valence-corrected chi connectivity index (χ1v) is 14.3. The van der Waals surface area contributed by atoms with Crippen LogP contribution in [-0.4, -0.2) is 85.4 Å². The summed E-state index contributed by atoms with van der Waals surface area (Å²) >= 11 is 0. The minimum atomic E-state index is -3.21. The number of likely N-dealkylation sites (tertiary alicyclic amines) is 1. The summed E-state index contributed by atoms with van der Waals surface area (Å²) in [6, 6.07) is 9.71. The predicted octanol–water partition coefficient (Wildman–Crippen LogP) is 2.05. The zero-order valence-corrected chi connectivity index (χ0v) is 21.4. The minimum absolute atomic E-state index is 0.152. The third-order valence-corrected chi connectivity index (χ3v) is 8.38. The van der Waals surface area contributed by atoms with Gasteiger partial charge in [0.25, 0.3) is 0 Å². The smallest absolute Gasteiger partial charge is 0.410 e. The zero-order chi connectivity index (χ0) is 25.1. The van der Waals surface area contributed by atoms with Gasteiger partial charge in [-0.15, -0.1) is 0 Å². The van der Waals surface area contributed by atoms with Crippen LogP contribution in [0.15, 0.2) is 36.5 Å². The van der Waals surface area contributed by atoms with Gasteiger partial charge in [0, 0.05) is 57.4 Å². The highest BCUT2D eigenvalue weighted by molar-refractivity contribution is 7.88. The van der Waals surface area contributed by atoms with Gasteiger partial charge < -0.3 is 19.3 Å². The summed E-state index contributed by atoms with van der Waals surface area (Å²) in [7, 11) is -3.21. The fraction of sp³-hybridized carbons (Fsp3) is 0.560. The van der Waals surface area contributed by atoms with Crippen molar-refractivity contribution >= 4 is 22.1 Å². The molecule has 4 heterocycles. The fourth-order valence-corrected chi connectivity index (χ4v) is 5.58. The Balaban J connectivity index is 1.00. The molecule has 0 saturated carbocycles. The van der Waals surface area contributed by atoms with Crippen molar-refractivity contribution in [2.45, 2.75) is 38.5 Å². The molecule has 2 saturated heterocycles. The number of rotatable bonds is 7. The number of ether oxygens (including phenoxy) is 2. The van der Waals surface area contributed by atoms with E-state index in [0.29, 0.717) is 57.7 Å². The third-order valence-electron chi connectivity index (χ3n) is 7.13. The molecular weight excluding hydrogens is 482 g/mol. The van der Waals surface area contributed by atoms with Crippen molar-refractivity contribution < 1.29 is 22.7 Å². The molecule has 11 heteroatoms. The Morgan fingerprint density at radius 3 is 2.58 bits per heavy atom. The second-order valence-corrected chi connectivity index (χ2v) is 11.8. The van der Waals surface area contributed by atoms with Crippen LogP contribution in [0.4, 0.5) is 10.7 Å². The average Bonchev–Trinajstić information content (AvgIpc) is 2.86. The van der Waals surface area contributed by atoms with Crippen LogP contribution in [0.5, 0.6) is 0 Å². The molecule has 0 unspecified atom stereocenters. The molecule has 0 bridgehead atoms. The lowest BCUT2D eigenvalue weighted by molar-refractivity contribution is -0.00225. The van der Waals surface area contributed by atoms with Gasteiger partial charge in [0.1, 0.15) is 6.61 Å². The van der Waals surface area contributed by atoms with E-state index in [0.717, 1.165) is 42.8 Å². The number of piperidine rings is 1. The molecule has 1 amide bonds. The van der Waals surface area contributed by atoms with E-state index >= 15 is 0 Å². The first-order valence-electron chi connectivity index (χ1n) is 12.5. The molecule has 3 aliphatic rings. The summed E-state index contributed by atoms with van der Waals surface area (Å²) < 4.78 is 36.6. The van der Waals surface area contributed by atoms with E-state index in [4.69, 9.17) is 9.47 Å². The Hall–Kier alpha value is -2.76. The summed E-state index contributed by atoms with van der Waals surface area (Å²) in [4.78, 5) is 25.4. The van der Waals surface area contributed by atoms with E-state index in [9.17, 15) is 13.2 Å². The summed E-state index contributed by atoms with van der Waals surface area (Å²) in [6.45, 7) is 4.67. The largest absolute Gasteiger partial charge is 0.445 e. The van der Waals surface area contributed by atoms with Crippen molar-refractivity contribution in [3.63, 3.8) is 0 Å². The summed E-state index contributed by atoms with van der Waals surface area (Å²) in [5.74, 6) is 1.12. The van der Waals surface area contributed by atoms with Crippen LogP contribution in [0.2, 0.25) is 0 Å². The van der Waals surface area contributed by atoms with E-state index in [1.165, 1.54) is 10.6 Å². The van der Waals surface area contributed by atoms with Gasteiger partial charge in [0.15, 0.2) is 0 Å². The molecule has 194 valence electrons. The lowest BCUT2D eigenvalue weighted by Crippen LogP contribution is -2.53. The molecule has 0 atom stereocenters. The second-order valence-electron chi connectivity index (χ2n) is 9.82. The maximum atomic E-state index is 12.3. The average molecular weight is 516 g/mol. The van der Waals surface area contributed by atoms with Crippen LogP contribution in [0.25, 0.3) is 0 Å². The lowest BCUT2D eigenvalue weighted by Gasteiger charge is -2.40. The summed E-state index contributed by atoms with van der Waals surface area (Å²) in [5.41, 5.74) is 2.79. The van der Waals surface area contributed by atoms with Crippen LogP contribution in [0.3, 0.4) is 0 Å². The summed E-state index contributed by atoms with van der Waals surface area (Å²) in [6.07, 6.45) is 5.32. The number of amides is 1. The molecule has 10 nitrogen and oxygen atoms in total. The maximum absolute atomic E-state index is 12.3. The van der Waals surface area contributed by atoms with Crippen molar-refractivity contribution in [1.29, 1.82) is 0 Å². The van der Waals surface area contributed by atoms with Crippen LogP contribution >= 0.6 is 0 Å². The Labute approximate surface area is 212 Å². The molecule has 0 spiro atoms. The van der Waals surface area contributed by atoms with E-state index < -0.39 is 10.0 Å². The molecule has 1 aromatic heterocycles. The van der Waals surface area contributed by atoms with Crippen molar-refractivity contribution in [3.8, 4) is 0 Å². The molecule has 0 aliphatic carbocycles. The molecule has 1 aromatic carbocycles. The van der Waals surface area contributed by atoms with Crippen LogP contribution in [0.1, 0.15) is 29.7 Å². The van der Waals surface area contributed by atoms with E-state index in [1.54, 1.807) is 11.1 Å². The van der Waals surface area contributed by atoms with Gasteiger partial charge in [0.05, 0.1) is 24.7 Å². The number of hydrogen-bond donors (Lipinski definition) is 0. The number of carbonyl (C=O) groups excluding carboxylic acids is 1. The predicted molar refractivity (Wildman–Crippen MR) is 134 cm³/mol. The van der Waals surface area contributed by atoms with Gasteiger partial charge in [-0.05, 0) is 24.3 Å². The highest BCUT2D eigenvalue weighted by atomic mass is 32.2. The van der Waals surface area contributed by atoms with Gasteiger partial charge >= 0.3 is 6.09 Å². The van der Waals surface area contributed by atoms with Gasteiger partial charge in [-0.1, -0.05) is 30.3 Å². The fourth-order valence-electron chi connectivity index (χ4n) is 4.79. The van der Waals surface area contributed by atoms with Gasteiger partial charge in [0.2, 0.25) is 16.0 Å². The number of anilines is 1. The molecule has 2 fully saturated rings. The number of fused-ring (bicyclic) bond motifs is 1. The van der Waals surface area contributed by atoms with E-state index in [-0.39, 0.29) is 12.2 Å². The lowest BCUT2D eigenvalue weighted by atomic mass is 9.98. The maximum Gasteiger partial charge on any atom is 0.410 e. The first kappa shape index (κ1) is 24.9. The number of hydrogen-bond acceptors (Lipinski definition) is 8. The van der Waals surface area contributed by atoms with E-state index in [2.05, 4.69) is 14.9 Å². The second kappa shape index (κ2) is 10.7. The van der Waals surface area contributed by atoms with Gasteiger partial charge in [-0.3, -0.25) is 0 Å². The van der Waals surface area contributed by atoms with Crippen LogP contribution in [0, 0.1) is 5.92 Å². The van der Waals surface area contributed by atoms with Crippen molar-refractivity contribution in [2.75, 3.05) is 50.5 Å². The summed E-state index contributed by atoms with van der Waals surface area (Å²) in [5, 5.41) is 0. The monoisotopic (exact) mass is 515 g/mol. The third kappa shape index (κ3) is 5.96. The zero-order valence-electron chi connectivity index (χ0n) is 20.6. The molecular formula is C25H33N5O5S. The van der Waals surface area contributed by atoms with E-state index in [1.807, 2.05) is 30.3 Å². The van der Waals surface area contributed by atoms with Gasteiger partial charge in [-0.2, -0.15) is 4.31 Å². The number of sulfonamides is 1. The van der Waals surface area contributed by atoms with Crippen molar-refractivity contribution in [1.82, 2.24) is 19.2 Å². The SMILES string of the molecule is CS(=O)(=O)N1CCc2nc(N3CC(OCC4CCN(C(=O)OCc5ccccc5)CC4)C3)ncc2C1. The Bertz CT molecular complexity index is 1160. The standard InChI is InChI=1S/C25H33N5O5S/c1-36(32,33)30-12-9-23-21(14-30)13-26-24(27-23)29-15-22(16-29)34-17-20-7-10-28(11-8-20)25(31)35-18-19-5-3-2-4-6-19/h2-6,13,20,22H,7-12,14-18H2,1H3. The Morgan fingerprint density at radius 2 is 1.86 bits per heavy atom.